The van der Waals surface area contributed by atoms with Crippen LogP contribution in [0, 0.1) is 0 Å². The Balaban J connectivity index is 1.70. The van der Waals surface area contributed by atoms with Crippen molar-refractivity contribution in [2.45, 2.75) is 37.9 Å². The van der Waals surface area contributed by atoms with Crippen LogP contribution in [0.2, 0.25) is 0 Å². The first-order chi connectivity index (χ1) is 11.8. The molecule has 0 amide bonds. The molecule has 1 unspecified atom stereocenters. The number of halogens is 3. The molecular weight excluding hydrogens is 333 g/mol. The lowest BCUT2D eigenvalue weighted by atomic mass is 9.83. The van der Waals surface area contributed by atoms with Gasteiger partial charge in [0.15, 0.2) is 5.78 Å². The molecule has 2 aromatic heterocycles. The normalized spacial score (nSPS) is 20.2. The number of alkyl halides is 3. The molecule has 3 rings (SSSR count). The van der Waals surface area contributed by atoms with E-state index in [0.717, 1.165) is 25.2 Å². The number of hydrogen-bond acceptors (Lipinski definition) is 5. The number of ketones is 1. The fraction of sp³-hybridized carbons (Fsp3) is 0.412. The molecule has 0 aliphatic carbocycles. The van der Waals surface area contributed by atoms with Crippen molar-refractivity contribution < 1.29 is 18.0 Å². The number of Topliss-reactive ketones (excluding diaryl/α,β-unsaturated/α-hetero) is 1. The van der Waals surface area contributed by atoms with Crippen LogP contribution >= 0.6 is 0 Å². The summed E-state index contributed by atoms with van der Waals surface area (Å²) in [7, 11) is 0. The van der Waals surface area contributed by atoms with Crippen molar-refractivity contribution in [3.05, 3.63) is 42.1 Å². The number of carbonyl (C=O) groups excluding carboxylic acids is 1. The van der Waals surface area contributed by atoms with Gasteiger partial charge in [-0.1, -0.05) is 0 Å². The number of nitrogens with zero attached hydrogens (tertiary/aromatic N) is 3. The Morgan fingerprint density at radius 2 is 2.04 bits per heavy atom. The van der Waals surface area contributed by atoms with Crippen molar-refractivity contribution in [2.24, 2.45) is 0 Å². The fourth-order valence-corrected chi connectivity index (χ4v) is 2.66. The summed E-state index contributed by atoms with van der Waals surface area (Å²) in [4.78, 5) is 23.8. The first-order valence-electron chi connectivity index (χ1n) is 7.91. The van der Waals surface area contributed by atoms with Crippen LogP contribution in [0.4, 0.5) is 13.2 Å². The standard InChI is InChI=1S/C17H17F3N4O/c1-16(6-7-24-16)15(25)5-3-12-8-13(23-10-22-12)11-2-4-14(21-9-11)17(18,19)20/h2,4,8-10,24H,3,5-7H2,1H3. The Hall–Kier alpha value is -2.35. The lowest BCUT2D eigenvalue weighted by Gasteiger charge is -2.38. The molecule has 132 valence electrons. The Morgan fingerprint density at radius 1 is 1.28 bits per heavy atom. The van der Waals surface area contributed by atoms with Crippen LogP contribution in [0.5, 0.6) is 0 Å². The molecule has 8 heteroatoms. The molecule has 25 heavy (non-hydrogen) atoms. The second kappa shape index (κ2) is 6.51. The van der Waals surface area contributed by atoms with E-state index in [1.807, 2.05) is 6.92 Å². The monoisotopic (exact) mass is 350 g/mol. The average molecular weight is 350 g/mol. The van der Waals surface area contributed by atoms with Crippen molar-refractivity contribution in [1.29, 1.82) is 0 Å². The maximum absolute atomic E-state index is 12.6. The van der Waals surface area contributed by atoms with Crippen LogP contribution in [0.15, 0.2) is 30.7 Å². The Morgan fingerprint density at radius 3 is 2.60 bits per heavy atom. The van der Waals surface area contributed by atoms with Crippen LogP contribution in [0.25, 0.3) is 11.3 Å². The quantitative estimate of drug-likeness (QED) is 0.898. The zero-order valence-electron chi connectivity index (χ0n) is 13.6. The number of aromatic nitrogens is 3. The van der Waals surface area contributed by atoms with Gasteiger partial charge < -0.3 is 5.32 Å². The average Bonchev–Trinajstić information content (AvgIpc) is 2.57. The predicted octanol–water partition coefficient (Wildman–Crippen LogP) is 2.81. The molecular formula is C17H17F3N4O. The third-order valence-electron chi connectivity index (χ3n) is 4.44. The van der Waals surface area contributed by atoms with Gasteiger partial charge in [-0.25, -0.2) is 9.97 Å². The molecule has 0 radical (unpaired) electrons. The van der Waals surface area contributed by atoms with Crippen molar-refractivity contribution in [2.75, 3.05) is 6.54 Å². The van der Waals surface area contributed by atoms with Crippen LogP contribution in [-0.4, -0.2) is 32.8 Å². The lowest BCUT2D eigenvalue weighted by molar-refractivity contribution is -0.141. The van der Waals surface area contributed by atoms with Gasteiger partial charge in [-0.05, 0) is 44.5 Å². The molecule has 5 nitrogen and oxygen atoms in total. The first-order valence-corrected chi connectivity index (χ1v) is 7.91. The van der Waals surface area contributed by atoms with Gasteiger partial charge in [0.25, 0.3) is 0 Å². The Kier molecular flexibility index (Phi) is 4.55. The van der Waals surface area contributed by atoms with E-state index in [1.54, 1.807) is 6.07 Å². The summed E-state index contributed by atoms with van der Waals surface area (Å²) < 4.78 is 37.7. The molecule has 3 heterocycles. The van der Waals surface area contributed by atoms with Gasteiger partial charge in [-0.2, -0.15) is 13.2 Å². The van der Waals surface area contributed by atoms with Gasteiger partial charge in [-0.3, -0.25) is 9.78 Å². The zero-order valence-corrected chi connectivity index (χ0v) is 13.6. The summed E-state index contributed by atoms with van der Waals surface area (Å²) in [5, 5.41) is 3.13. The molecule has 1 N–H and O–H groups in total. The molecule has 2 aromatic rings. The van der Waals surface area contributed by atoms with Crippen LogP contribution in [0.1, 0.15) is 31.2 Å². The van der Waals surface area contributed by atoms with E-state index in [2.05, 4.69) is 20.3 Å². The van der Waals surface area contributed by atoms with E-state index in [9.17, 15) is 18.0 Å². The SMILES string of the molecule is CC1(C(=O)CCc2cc(-c3ccc(C(F)(F)F)nc3)ncn2)CCN1. The largest absolute Gasteiger partial charge is 0.433 e. The third kappa shape index (κ3) is 3.84. The van der Waals surface area contributed by atoms with Crippen molar-refractivity contribution in [3.63, 3.8) is 0 Å². The molecule has 0 bridgehead atoms. The number of carbonyl (C=O) groups is 1. The number of aryl methyl sites for hydroxylation is 1. The highest BCUT2D eigenvalue weighted by atomic mass is 19.4. The predicted molar refractivity (Wildman–Crippen MR) is 84.6 cm³/mol. The summed E-state index contributed by atoms with van der Waals surface area (Å²) >= 11 is 0. The third-order valence-corrected chi connectivity index (χ3v) is 4.44. The minimum Gasteiger partial charge on any atom is -0.305 e. The van der Waals surface area contributed by atoms with Crippen molar-refractivity contribution >= 4 is 5.78 Å². The van der Waals surface area contributed by atoms with Crippen molar-refractivity contribution in [3.8, 4) is 11.3 Å². The van der Waals surface area contributed by atoms with Gasteiger partial charge in [0.1, 0.15) is 12.0 Å². The van der Waals surface area contributed by atoms with E-state index in [-0.39, 0.29) is 5.78 Å². The first kappa shape index (κ1) is 17.5. The van der Waals surface area contributed by atoms with Gasteiger partial charge in [-0.15, -0.1) is 0 Å². The molecule has 1 aliphatic heterocycles. The van der Waals surface area contributed by atoms with E-state index in [0.29, 0.717) is 29.8 Å². The van der Waals surface area contributed by atoms with Gasteiger partial charge in [0.05, 0.1) is 11.2 Å². The summed E-state index contributed by atoms with van der Waals surface area (Å²) in [6.07, 6.45) is -0.347. The summed E-state index contributed by atoms with van der Waals surface area (Å²) in [6, 6.07) is 3.92. The smallest absolute Gasteiger partial charge is 0.305 e. The molecule has 1 fully saturated rings. The van der Waals surface area contributed by atoms with E-state index in [4.69, 9.17) is 0 Å². The van der Waals surface area contributed by atoms with E-state index in [1.165, 1.54) is 12.4 Å². The topological polar surface area (TPSA) is 67.8 Å². The van der Waals surface area contributed by atoms with E-state index >= 15 is 0 Å². The molecule has 0 aromatic carbocycles. The van der Waals surface area contributed by atoms with Gasteiger partial charge in [0.2, 0.25) is 0 Å². The number of rotatable bonds is 5. The Bertz CT molecular complexity index is 770. The minimum atomic E-state index is -4.47. The fourth-order valence-electron chi connectivity index (χ4n) is 2.66. The van der Waals surface area contributed by atoms with Crippen LogP contribution in [-0.2, 0) is 17.4 Å². The minimum absolute atomic E-state index is 0.134. The zero-order chi connectivity index (χ0) is 18.1. The van der Waals surface area contributed by atoms with Crippen LogP contribution < -0.4 is 5.32 Å². The van der Waals surface area contributed by atoms with Gasteiger partial charge in [0, 0.05) is 23.9 Å². The highest BCUT2D eigenvalue weighted by molar-refractivity contribution is 5.89. The van der Waals surface area contributed by atoms with Crippen LogP contribution in [0.3, 0.4) is 0 Å². The van der Waals surface area contributed by atoms with Crippen molar-refractivity contribution in [1.82, 2.24) is 20.3 Å². The number of hydrogen-bond donors (Lipinski definition) is 1. The lowest BCUT2D eigenvalue weighted by Crippen LogP contribution is -2.60. The van der Waals surface area contributed by atoms with Gasteiger partial charge >= 0.3 is 6.18 Å². The summed E-state index contributed by atoms with van der Waals surface area (Å²) in [6.45, 7) is 2.74. The van der Waals surface area contributed by atoms with E-state index < -0.39 is 17.4 Å². The maximum Gasteiger partial charge on any atom is 0.433 e. The molecule has 1 saturated heterocycles. The molecule has 0 spiro atoms. The maximum atomic E-state index is 12.6. The molecule has 1 atom stereocenters. The number of pyridine rings is 1. The molecule has 1 aliphatic rings. The number of nitrogens with one attached hydrogen (secondary N) is 1. The summed E-state index contributed by atoms with van der Waals surface area (Å²) in [5.74, 6) is 0.134. The molecule has 0 saturated carbocycles. The highest BCUT2D eigenvalue weighted by Crippen LogP contribution is 2.28. The highest BCUT2D eigenvalue weighted by Gasteiger charge is 2.37. The second-order valence-electron chi connectivity index (χ2n) is 6.26. The Labute approximate surface area is 142 Å². The second-order valence-corrected chi connectivity index (χ2v) is 6.26. The summed E-state index contributed by atoms with van der Waals surface area (Å²) in [5.41, 5.74) is 0.230.